The van der Waals surface area contributed by atoms with E-state index in [2.05, 4.69) is 48.2 Å². The summed E-state index contributed by atoms with van der Waals surface area (Å²) in [5.74, 6) is 2.19. The molecule has 2 N–H and O–H groups in total. The predicted octanol–water partition coefficient (Wildman–Crippen LogP) is 2.54. The van der Waals surface area contributed by atoms with Crippen LogP contribution >= 0.6 is 0 Å². The first-order valence-corrected chi connectivity index (χ1v) is 6.95. The molecule has 0 atom stereocenters. The normalized spacial score (nSPS) is 11.3. The molecule has 0 spiro atoms. The molecule has 1 rings (SSSR count). The molecule has 0 aliphatic heterocycles. The molecule has 0 aromatic heterocycles. The van der Waals surface area contributed by atoms with Crippen molar-refractivity contribution >= 4 is 5.96 Å². The van der Waals surface area contributed by atoms with Gasteiger partial charge in [-0.05, 0) is 23.6 Å². The first-order valence-electron chi connectivity index (χ1n) is 6.95. The highest BCUT2D eigenvalue weighted by Crippen LogP contribution is 2.18. The van der Waals surface area contributed by atoms with Crippen molar-refractivity contribution in [3.05, 3.63) is 42.5 Å². The van der Waals surface area contributed by atoms with Crippen LogP contribution in [-0.4, -0.2) is 32.7 Å². The van der Waals surface area contributed by atoms with Gasteiger partial charge in [0.15, 0.2) is 5.96 Å². The number of benzene rings is 1. The molecule has 0 saturated carbocycles. The Kier molecular flexibility index (Phi) is 7.25. The summed E-state index contributed by atoms with van der Waals surface area (Å²) in [6, 6.07) is 8.25. The summed E-state index contributed by atoms with van der Waals surface area (Å²) < 4.78 is 5.67. The topological polar surface area (TPSA) is 45.7 Å². The van der Waals surface area contributed by atoms with Crippen LogP contribution in [0.15, 0.2) is 41.9 Å². The third-order valence-electron chi connectivity index (χ3n) is 2.85. The van der Waals surface area contributed by atoms with Crippen molar-refractivity contribution in [3.8, 4) is 5.75 Å². The number of hydrogen-bond donors (Lipinski definition) is 2. The van der Waals surface area contributed by atoms with Gasteiger partial charge in [0.1, 0.15) is 12.4 Å². The third kappa shape index (κ3) is 5.78. The number of hydrogen-bond acceptors (Lipinski definition) is 2. The molecule has 0 radical (unpaired) electrons. The second-order valence-corrected chi connectivity index (χ2v) is 4.74. The summed E-state index contributed by atoms with van der Waals surface area (Å²) >= 11 is 0. The molecule has 1 aromatic rings. The zero-order chi connectivity index (χ0) is 14.8. The molecule has 1 aromatic carbocycles. The van der Waals surface area contributed by atoms with Gasteiger partial charge in [-0.25, -0.2) is 0 Å². The van der Waals surface area contributed by atoms with Gasteiger partial charge in [0.2, 0.25) is 0 Å². The molecule has 0 aliphatic carbocycles. The van der Waals surface area contributed by atoms with Gasteiger partial charge in [-0.1, -0.05) is 32.1 Å². The third-order valence-corrected chi connectivity index (χ3v) is 2.85. The molecule has 0 aliphatic rings. The van der Waals surface area contributed by atoms with Crippen LogP contribution in [0.5, 0.6) is 5.75 Å². The minimum atomic E-state index is 0.546. The maximum atomic E-state index is 5.67. The Labute approximate surface area is 121 Å². The summed E-state index contributed by atoms with van der Waals surface area (Å²) in [6.07, 6.45) is 1.79. The van der Waals surface area contributed by atoms with Crippen LogP contribution in [0.4, 0.5) is 0 Å². The van der Waals surface area contributed by atoms with Gasteiger partial charge in [-0.2, -0.15) is 0 Å². The lowest BCUT2D eigenvalue weighted by Crippen LogP contribution is -2.39. The largest absolute Gasteiger partial charge is 0.492 e. The minimum absolute atomic E-state index is 0.546. The van der Waals surface area contributed by atoms with Crippen LogP contribution in [0.1, 0.15) is 25.3 Å². The van der Waals surface area contributed by atoms with E-state index < -0.39 is 0 Å². The molecule has 0 unspecified atom stereocenters. The molecule has 20 heavy (non-hydrogen) atoms. The van der Waals surface area contributed by atoms with E-state index in [1.54, 1.807) is 13.1 Å². The molecule has 0 bridgehead atoms. The number of ether oxygens (including phenoxy) is 1. The zero-order valence-corrected chi connectivity index (χ0v) is 12.6. The van der Waals surface area contributed by atoms with Crippen molar-refractivity contribution in [2.24, 2.45) is 4.99 Å². The highest BCUT2D eigenvalue weighted by atomic mass is 16.5. The molecule has 4 nitrogen and oxygen atoms in total. The number of nitrogens with one attached hydrogen (secondary N) is 2. The fourth-order valence-corrected chi connectivity index (χ4v) is 1.68. The Bertz CT molecular complexity index is 424. The Morgan fingerprint density at radius 2 is 2.00 bits per heavy atom. The number of guanidine groups is 1. The van der Waals surface area contributed by atoms with E-state index in [1.165, 1.54) is 5.56 Å². The molecule has 4 heteroatoms. The Morgan fingerprint density at radius 3 is 2.55 bits per heavy atom. The molecule has 0 amide bonds. The van der Waals surface area contributed by atoms with Gasteiger partial charge in [0.25, 0.3) is 0 Å². The van der Waals surface area contributed by atoms with Gasteiger partial charge in [-0.15, -0.1) is 6.58 Å². The van der Waals surface area contributed by atoms with Crippen molar-refractivity contribution in [1.82, 2.24) is 10.6 Å². The van der Waals surface area contributed by atoms with E-state index in [0.717, 1.165) is 11.7 Å². The monoisotopic (exact) mass is 275 g/mol. The molecule has 0 fully saturated rings. The van der Waals surface area contributed by atoms with E-state index >= 15 is 0 Å². The van der Waals surface area contributed by atoms with E-state index in [-0.39, 0.29) is 0 Å². The van der Waals surface area contributed by atoms with Gasteiger partial charge in [0.05, 0.1) is 6.54 Å². The lowest BCUT2D eigenvalue weighted by Gasteiger charge is -2.12. The Morgan fingerprint density at radius 1 is 1.30 bits per heavy atom. The van der Waals surface area contributed by atoms with Crippen LogP contribution in [0.3, 0.4) is 0 Å². The standard InChI is InChI=1S/C16H25N3O/c1-5-10-18-16(17-4)19-11-12-20-15-8-6-14(7-9-15)13(2)3/h5-9,13H,1,10-12H2,2-4H3,(H2,17,18,19). The van der Waals surface area contributed by atoms with Gasteiger partial charge >= 0.3 is 0 Å². The first-order chi connectivity index (χ1) is 9.67. The molecule has 0 heterocycles. The Hall–Kier alpha value is -1.97. The Balaban J connectivity index is 2.28. The second-order valence-electron chi connectivity index (χ2n) is 4.74. The zero-order valence-electron chi connectivity index (χ0n) is 12.6. The van der Waals surface area contributed by atoms with E-state index in [1.807, 2.05) is 12.1 Å². The molecular formula is C16H25N3O. The summed E-state index contributed by atoms with van der Waals surface area (Å²) in [7, 11) is 1.74. The number of rotatable bonds is 7. The summed E-state index contributed by atoms with van der Waals surface area (Å²) in [5, 5.41) is 6.27. The van der Waals surface area contributed by atoms with Gasteiger partial charge in [-0.3, -0.25) is 4.99 Å². The first kappa shape index (κ1) is 16.1. The minimum Gasteiger partial charge on any atom is -0.492 e. The lowest BCUT2D eigenvalue weighted by atomic mass is 10.0. The molecule has 0 saturated heterocycles. The van der Waals surface area contributed by atoms with Crippen molar-refractivity contribution in [1.29, 1.82) is 0 Å². The van der Waals surface area contributed by atoms with Crippen LogP contribution in [0.2, 0.25) is 0 Å². The maximum Gasteiger partial charge on any atom is 0.191 e. The second kappa shape index (κ2) is 9.02. The summed E-state index contributed by atoms with van der Waals surface area (Å²) in [6.45, 7) is 10.00. The average Bonchev–Trinajstić information content (AvgIpc) is 2.47. The van der Waals surface area contributed by atoms with Crippen LogP contribution < -0.4 is 15.4 Å². The SMILES string of the molecule is C=CCNC(=NC)NCCOc1ccc(C(C)C)cc1. The van der Waals surface area contributed by atoms with Crippen LogP contribution in [-0.2, 0) is 0 Å². The number of aliphatic imine (C=N–C) groups is 1. The summed E-state index contributed by atoms with van der Waals surface area (Å²) in [4.78, 5) is 4.09. The van der Waals surface area contributed by atoms with Crippen molar-refractivity contribution in [2.75, 3.05) is 26.7 Å². The fraction of sp³-hybridized carbons (Fsp3) is 0.438. The van der Waals surface area contributed by atoms with E-state index in [0.29, 0.717) is 25.6 Å². The molecule has 110 valence electrons. The van der Waals surface area contributed by atoms with Crippen LogP contribution in [0, 0.1) is 0 Å². The highest BCUT2D eigenvalue weighted by molar-refractivity contribution is 5.79. The van der Waals surface area contributed by atoms with Crippen molar-refractivity contribution in [2.45, 2.75) is 19.8 Å². The smallest absolute Gasteiger partial charge is 0.191 e. The average molecular weight is 275 g/mol. The van der Waals surface area contributed by atoms with Gasteiger partial charge in [0, 0.05) is 13.6 Å². The number of nitrogens with zero attached hydrogens (tertiary/aromatic N) is 1. The van der Waals surface area contributed by atoms with Crippen LogP contribution in [0.25, 0.3) is 0 Å². The quantitative estimate of drug-likeness (QED) is 0.348. The summed E-state index contributed by atoms with van der Waals surface area (Å²) in [5.41, 5.74) is 1.32. The fourth-order valence-electron chi connectivity index (χ4n) is 1.68. The predicted molar refractivity (Wildman–Crippen MR) is 85.6 cm³/mol. The van der Waals surface area contributed by atoms with Crippen molar-refractivity contribution in [3.63, 3.8) is 0 Å². The maximum absolute atomic E-state index is 5.67. The highest BCUT2D eigenvalue weighted by Gasteiger charge is 2.00. The molecular weight excluding hydrogens is 250 g/mol. The van der Waals surface area contributed by atoms with Gasteiger partial charge < -0.3 is 15.4 Å². The lowest BCUT2D eigenvalue weighted by molar-refractivity contribution is 0.322. The van der Waals surface area contributed by atoms with E-state index in [9.17, 15) is 0 Å². The van der Waals surface area contributed by atoms with Crippen molar-refractivity contribution < 1.29 is 4.74 Å². The van der Waals surface area contributed by atoms with E-state index in [4.69, 9.17) is 4.74 Å².